The molecule has 5 aromatic rings. The van der Waals surface area contributed by atoms with E-state index < -0.39 is 0 Å². The number of rotatable bonds is 12. The molecular formula is C42H55N12O2+3. The Balaban J connectivity index is 0.984. The summed E-state index contributed by atoms with van der Waals surface area (Å²) in [6.07, 6.45) is 13.0. The summed E-state index contributed by atoms with van der Waals surface area (Å²) in [4.78, 5) is 26.7. The smallest absolute Gasteiger partial charge is 0.358 e. The largest absolute Gasteiger partial charge is 0.443 e. The van der Waals surface area contributed by atoms with Gasteiger partial charge >= 0.3 is 11.8 Å². The topological polar surface area (TPSA) is 194 Å². The zero-order chi connectivity index (χ0) is 39.3. The molecule has 0 spiro atoms. The lowest BCUT2D eigenvalue weighted by Crippen LogP contribution is -2.41. The third kappa shape index (κ3) is 9.39. The number of hydrogen-bond donors (Lipinski definition) is 5. The molecule has 56 heavy (non-hydrogen) atoms. The van der Waals surface area contributed by atoms with Crippen LogP contribution in [0.4, 0.5) is 29.2 Å². The normalized spacial score (nSPS) is 21.4. The van der Waals surface area contributed by atoms with E-state index in [1.807, 2.05) is 35.2 Å². The van der Waals surface area contributed by atoms with Crippen LogP contribution in [0.5, 0.6) is 0 Å². The summed E-state index contributed by atoms with van der Waals surface area (Å²) in [5.41, 5.74) is 3.92. The first kappa shape index (κ1) is 38.6. The lowest BCUT2D eigenvalue weighted by atomic mass is 9.73. The van der Waals surface area contributed by atoms with Crippen LogP contribution in [0.2, 0.25) is 0 Å². The third-order valence-corrected chi connectivity index (χ3v) is 11.4. The number of hydrogen-bond acceptors (Lipinski definition) is 9. The Bertz CT molecular complexity index is 2210. The number of anilines is 4. The average Bonchev–Trinajstić information content (AvgIpc) is 3.81. The predicted molar refractivity (Wildman–Crippen MR) is 223 cm³/mol. The molecule has 2 aliphatic carbocycles. The Morgan fingerprint density at radius 3 is 2.12 bits per heavy atom. The van der Waals surface area contributed by atoms with Crippen LogP contribution in [-0.2, 0) is 13.0 Å². The van der Waals surface area contributed by atoms with Crippen molar-refractivity contribution in [2.24, 2.45) is 10.8 Å². The number of aromatic nitrogens is 6. The van der Waals surface area contributed by atoms with Gasteiger partial charge < -0.3 is 41.0 Å². The maximum Gasteiger partial charge on any atom is 0.358 e. The zero-order valence-electron chi connectivity index (χ0n) is 32.8. The van der Waals surface area contributed by atoms with Crippen LogP contribution in [0.3, 0.4) is 0 Å². The molecule has 7 rings (SSSR count). The molecule has 14 nitrogen and oxygen atoms in total. The maximum absolute atomic E-state index is 9.68. The van der Waals surface area contributed by atoms with Gasteiger partial charge in [0.05, 0.1) is 18.6 Å². The fourth-order valence-corrected chi connectivity index (χ4v) is 7.86. The van der Waals surface area contributed by atoms with E-state index in [1.54, 1.807) is 12.4 Å². The highest BCUT2D eigenvalue weighted by Gasteiger charge is 2.40. The first-order chi connectivity index (χ1) is 26.9. The molecular weight excluding hydrogens is 705 g/mol. The molecule has 2 fully saturated rings. The molecule has 2 aliphatic rings. The van der Waals surface area contributed by atoms with Gasteiger partial charge in [0.1, 0.15) is 17.5 Å². The Morgan fingerprint density at radius 2 is 1.48 bits per heavy atom. The van der Waals surface area contributed by atoms with Gasteiger partial charge in [-0.15, -0.1) is 0 Å². The molecule has 1 aromatic carbocycles. The number of fused-ring (bicyclic) bond motifs is 1. The molecule has 0 bridgehead atoms. The molecule has 2 saturated carbocycles. The number of nitriles is 1. The van der Waals surface area contributed by atoms with E-state index in [-0.39, 0.29) is 35.1 Å². The van der Waals surface area contributed by atoms with Crippen LogP contribution in [-0.4, -0.2) is 77.1 Å². The third-order valence-electron chi connectivity index (χ3n) is 11.4. The first-order valence-corrected chi connectivity index (χ1v) is 19.7. The minimum Gasteiger partial charge on any atom is -0.443 e. The minimum atomic E-state index is -0.0946. The summed E-state index contributed by atoms with van der Waals surface area (Å²) >= 11 is 0. The molecule has 14 heteroatoms. The molecule has 4 atom stereocenters. The maximum atomic E-state index is 9.68. The molecule has 292 valence electrons. The first-order valence-electron chi connectivity index (χ1n) is 19.7. The van der Waals surface area contributed by atoms with Gasteiger partial charge in [-0.25, -0.2) is 9.97 Å². The van der Waals surface area contributed by atoms with Gasteiger partial charge in [-0.3, -0.25) is 0 Å². The standard InChI is InChI=1S/C42H52N12O2/c1-41(2)20-31(9-11-35(41)55)50-37-28(22-43)23-47-40(52-37)45-16-18-54-17-14-33(26-54)46-24-29-25-48-39(44-15-13-30-19-27-7-5-6-8-34(27)49-30)53-38(29)51-32-10-12-36(56)42(3,4)21-32/h5-8,14,17,19,23,25-26,31-32,35-36,49,55-56H,9-13,15-16,18,20-21H2,1-4H3,(H3,44,45,47,50,51,52,53)/p+3/t31-,32-,35+,36+/m1/s1. The highest BCUT2D eigenvalue weighted by atomic mass is 16.3. The Morgan fingerprint density at radius 1 is 0.857 bits per heavy atom. The number of nitrogens with zero attached hydrogens (tertiary/aromatic N) is 7. The SMILES string of the molecule is CC1(C)C[C@H](Nc2nc(NCCc3cc4ccccc4[nH]3)ncc2C#[N+]c2ccn(CCNc3ncc(C#N)c(N[C@@H]4CC[C@H]([OH2+])C(C)(C)C4)n3)c2)CC[C@@H]1[OH2+]. The monoisotopic (exact) mass is 759 g/mol. The van der Waals surface area contributed by atoms with E-state index in [0.29, 0.717) is 54.3 Å². The summed E-state index contributed by atoms with van der Waals surface area (Å²) in [6.45, 7) is 10.5. The van der Waals surface area contributed by atoms with E-state index in [9.17, 15) is 5.26 Å². The van der Waals surface area contributed by atoms with Gasteiger partial charge in [-0.05, 0) is 48.0 Å². The number of para-hydroxylation sites is 1. The molecule has 0 saturated heterocycles. The van der Waals surface area contributed by atoms with Crippen molar-refractivity contribution in [3.63, 3.8) is 0 Å². The van der Waals surface area contributed by atoms with Crippen molar-refractivity contribution in [2.75, 3.05) is 34.4 Å². The fourth-order valence-electron chi connectivity index (χ4n) is 7.86. The molecule has 0 unspecified atom stereocenters. The van der Waals surface area contributed by atoms with Crippen LogP contribution < -0.4 is 21.3 Å². The number of benzene rings is 1. The van der Waals surface area contributed by atoms with Crippen LogP contribution in [0.15, 0.2) is 61.2 Å². The lowest BCUT2D eigenvalue weighted by Gasteiger charge is -2.37. The van der Waals surface area contributed by atoms with Gasteiger partial charge in [0, 0.05) is 85.3 Å². The molecule has 4 aromatic heterocycles. The van der Waals surface area contributed by atoms with Crippen molar-refractivity contribution < 1.29 is 10.2 Å². The fraction of sp³-hybridized carbons (Fsp3) is 0.476. The highest BCUT2D eigenvalue weighted by molar-refractivity contribution is 5.80. The van der Waals surface area contributed by atoms with Crippen LogP contribution in [0.1, 0.15) is 83.0 Å². The minimum absolute atomic E-state index is 0.0803. The molecule has 4 heterocycles. The van der Waals surface area contributed by atoms with Crippen LogP contribution >= 0.6 is 0 Å². The number of aromatic amines is 1. The van der Waals surface area contributed by atoms with Gasteiger partial charge in [-0.1, -0.05) is 45.9 Å². The summed E-state index contributed by atoms with van der Waals surface area (Å²) in [7, 11) is 0. The van der Waals surface area contributed by atoms with Crippen LogP contribution in [0, 0.1) is 28.2 Å². The van der Waals surface area contributed by atoms with Crippen molar-refractivity contribution in [3.05, 3.63) is 82.9 Å². The Kier molecular flexibility index (Phi) is 11.4. The molecule has 0 amide bonds. The van der Waals surface area contributed by atoms with Crippen LogP contribution in [0.25, 0.3) is 15.7 Å². The number of nitrogens with one attached hydrogen (secondary N) is 5. The van der Waals surface area contributed by atoms with Crippen molar-refractivity contribution in [2.45, 2.75) is 103 Å². The zero-order valence-corrected chi connectivity index (χ0v) is 32.8. The lowest BCUT2D eigenvalue weighted by molar-refractivity contribution is 0.00924. The second kappa shape index (κ2) is 16.6. The quantitative estimate of drug-likeness (QED) is 0.0899. The van der Waals surface area contributed by atoms with E-state index in [4.69, 9.17) is 15.2 Å². The van der Waals surface area contributed by atoms with Crippen molar-refractivity contribution in [1.29, 1.82) is 5.26 Å². The van der Waals surface area contributed by atoms with E-state index >= 15 is 0 Å². The summed E-state index contributed by atoms with van der Waals surface area (Å²) in [5.74, 6) is 2.20. The van der Waals surface area contributed by atoms with Gasteiger partial charge in [0.15, 0.2) is 23.6 Å². The van der Waals surface area contributed by atoms with Gasteiger partial charge in [-0.2, -0.15) is 15.2 Å². The van der Waals surface area contributed by atoms with Gasteiger partial charge in [0.2, 0.25) is 11.9 Å². The highest BCUT2D eigenvalue weighted by Crippen LogP contribution is 2.38. The van der Waals surface area contributed by atoms with E-state index in [1.165, 1.54) is 5.39 Å². The summed E-state index contributed by atoms with van der Waals surface area (Å²) in [5, 5.41) is 41.6. The van der Waals surface area contributed by atoms with E-state index in [2.05, 4.69) is 104 Å². The van der Waals surface area contributed by atoms with Crippen molar-refractivity contribution >= 4 is 40.1 Å². The molecule has 0 radical (unpaired) electrons. The second-order valence-electron chi connectivity index (χ2n) is 16.7. The molecule has 0 aliphatic heterocycles. The summed E-state index contributed by atoms with van der Waals surface area (Å²) in [6, 6.07) is 18.1. The van der Waals surface area contributed by atoms with Crippen molar-refractivity contribution in [1.82, 2.24) is 29.5 Å². The second-order valence-corrected chi connectivity index (χ2v) is 16.7. The van der Waals surface area contributed by atoms with Crippen molar-refractivity contribution in [3.8, 4) is 12.1 Å². The van der Waals surface area contributed by atoms with Gasteiger partial charge in [0.25, 0.3) is 0 Å². The number of H-pyrrole nitrogens is 1. The Labute approximate surface area is 328 Å². The summed E-state index contributed by atoms with van der Waals surface area (Å²) < 4.78 is 2.04. The average molecular weight is 760 g/mol. The van der Waals surface area contributed by atoms with E-state index in [0.717, 1.165) is 61.8 Å². The Hall–Kier alpha value is -5.70. The molecule has 9 N–H and O–H groups in total. The predicted octanol–water partition coefficient (Wildman–Crippen LogP) is 6.37.